The van der Waals surface area contributed by atoms with E-state index in [2.05, 4.69) is 4.52 Å². The Labute approximate surface area is 51.6 Å². The van der Waals surface area contributed by atoms with Crippen LogP contribution in [-0.4, -0.2) is 16.6 Å². The van der Waals surface area contributed by atoms with Crippen LogP contribution in [0.5, 0.6) is 0 Å². The molecule has 0 aromatic rings. The van der Waals surface area contributed by atoms with E-state index in [4.69, 9.17) is 4.89 Å². The highest BCUT2D eigenvalue weighted by Gasteiger charge is 2.23. The van der Waals surface area contributed by atoms with Crippen molar-refractivity contribution in [1.29, 1.82) is 0 Å². The van der Waals surface area contributed by atoms with Gasteiger partial charge in [0.2, 0.25) is 5.78 Å². The molecule has 0 spiro atoms. The van der Waals surface area contributed by atoms with Gasteiger partial charge >= 0.3 is 14.2 Å². The molecule has 0 aliphatic heterocycles. The molecule has 1 N–H and O–H groups in total. The maximum absolute atomic E-state index is 10.0. The van der Waals surface area contributed by atoms with Gasteiger partial charge in [0.25, 0.3) is 0 Å². The minimum Gasteiger partial charge on any atom is -0.287 e. The number of ketones is 1. The van der Waals surface area contributed by atoms with Crippen LogP contribution < -0.4 is 0 Å². The standard InChI is InChI=1S/C3H3O5P/c1-2(4)3(5)8-9(6)7/h1H3/p+1. The second-order valence-corrected chi connectivity index (χ2v) is 1.83. The maximum Gasteiger partial charge on any atom is 0.750 e. The predicted octanol–water partition coefficient (Wildman–Crippen LogP) is -0.232. The molecule has 6 heteroatoms. The third-order valence-corrected chi connectivity index (χ3v) is 0.770. The summed E-state index contributed by atoms with van der Waals surface area (Å²) < 4.78 is 13.3. The minimum absolute atomic E-state index is 0.896. The largest absolute Gasteiger partial charge is 0.750 e. The van der Waals surface area contributed by atoms with Gasteiger partial charge in [-0.2, -0.15) is 4.52 Å². The SMILES string of the molecule is CC(=O)C(=O)O[P+](=O)O. The van der Waals surface area contributed by atoms with Gasteiger partial charge in [0.15, 0.2) is 0 Å². The molecule has 1 unspecified atom stereocenters. The van der Waals surface area contributed by atoms with Gasteiger partial charge in [-0.3, -0.25) is 4.79 Å². The Balaban J connectivity index is 3.79. The van der Waals surface area contributed by atoms with Crippen molar-refractivity contribution in [3.63, 3.8) is 0 Å². The molecular weight excluding hydrogens is 147 g/mol. The molecule has 0 aromatic carbocycles. The van der Waals surface area contributed by atoms with Gasteiger partial charge in [-0.25, -0.2) is 4.79 Å². The van der Waals surface area contributed by atoms with Gasteiger partial charge in [-0.1, -0.05) is 0 Å². The number of Topliss-reactive ketones (excluding diaryl/α,β-unsaturated/α-hetero) is 1. The van der Waals surface area contributed by atoms with Crippen LogP contribution in [0.4, 0.5) is 0 Å². The summed E-state index contributed by atoms with van der Waals surface area (Å²) >= 11 is 0. The smallest absolute Gasteiger partial charge is 0.287 e. The number of carbonyl (C=O) groups is 2. The van der Waals surface area contributed by atoms with Crippen molar-refractivity contribution >= 4 is 20.0 Å². The van der Waals surface area contributed by atoms with Crippen LogP contribution in [-0.2, 0) is 18.7 Å². The maximum atomic E-state index is 10.0. The van der Waals surface area contributed by atoms with E-state index in [9.17, 15) is 14.2 Å². The molecule has 0 amide bonds. The van der Waals surface area contributed by atoms with Crippen molar-refractivity contribution in [2.45, 2.75) is 6.92 Å². The van der Waals surface area contributed by atoms with E-state index >= 15 is 0 Å². The average Bonchev–Trinajstić information content (AvgIpc) is 1.63. The van der Waals surface area contributed by atoms with Crippen molar-refractivity contribution in [3.05, 3.63) is 0 Å². The Morgan fingerprint density at radius 3 is 2.11 bits per heavy atom. The van der Waals surface area contributed by atoms with Gasteiger partial charge < -0.3 is 0 Å². The van der Waals surface area contributed by atoms with Gasteiger partial charge in [-0.15, -0.1) is 4.89 Å². The topological polar surface area (TPSA) is 80.7 Å². The molecule has 9 heavy (non-hydrogen) atoms. The van der Waals surface area contributed by atoms with E-state index in [0.717, 1.165) is 6.92 Å². The Morgan fingerprint density at radius 1 is 1.56 bits per heavy atom. The summed E-state index contributed by atoms with van der Waals surface area (Å²) in [5, 5.41) is 0. The molecule has 0 saturated carbocycles. The molecule has 0 rings (SSSR count). The zero-order valence-electron chi connectivity index (χ0n) is 4.53. The first-order valence-electron chi connectivity index (χ1n) is 1.93. The van der Waals surface area contributed by atoms with E-state index in [0.29, 0.717) is 0 Å². The molecule has 0 radical (unpaired) electrons. The average molecular weight is 151 g/mol. The second kappa shape index (κ2) is 3.27. The fourth-order valence-electron chi connectivity index (χ4n) is 0.135. The van der Waals surface area contributed by atoms with Crippen molar-refractivity contribution in [1.82, 2.24) is 0 Å². The molecule has 0 fully saturated rings. The Hall–Kier alpha value is -0.800. The zero-order valence-corrected chi connectivity index (χ0v) is 5.42. The summed E-state index contributed by atoms with van der Waals surface area (Å²) in [6.07, 6.45) is 0. The molecule has 0 heterocycles. The monoisotopic (exact) mass is 151 g/mol. The molecule has 0 aromatic heterocycles. The van der Waals surface area contributed by atoms with Gasteiger partial charge in [0.05, 0.1) is 0 Å². The van der Waals surface area contributed by atoms with Crippen molar-refractivity contribution in [2.24, 2.45) is 0 Å². The summed E-state index contributed by atoms with van der Waals surface area (Å²) in [6.45, 7) is 0.946. The fourth-order valence-corrected chi connectivity index (χ4v) is 0.406. The molecule has 1 atom stereocenters. The summed E-state index contributed by atoms with van der Waals surface area (Å²) in [5.74, 6) is -2.19. The van der Waals surface area contributed by atoms with Crippen LogP contribution in [0.2, 0.25) is 0 Å². The predicted molar refractivity (Wildman–Crippen MR) is 26.6 cm³/mol. The highest BCUT2D eigenvalue weighted by Crippen LogP contribution is 2.13. The number of carbonyl (C=O) groups excluding carboxylic acids is 2. The van der Waals surface area contributed by atoms with E-state index in [1.807, 2.05) is 0 Å². The number of rotatable bonds is 2. The molecular formula is C3H4O5P+. The number of hydrogen-bond acceptors (Lipinski definition) is 4. The van der Waals surface area contributed by atoms with Gasteiger partial charge in [0.1, 0.15) is 0 Å². The van der Waals surface area contributed by atoms with Gasteiger partial charge in [-0.05, 0) is 0 Å². The van der Waals surface area contributed by atoms with E-state index in [1.165, 1.54) is 0 Å². The summed E-state index contributed by atoms with van der Waals surface area (Å²) in [4.78, 5) is 27.9. The normalized spacial score (nSPS) is 10.2. The Kier molecular flexibility index (Phi) is 2.98. The molecule has 5 nitrogen and oxygen atoms in total. The molecule has 50 valence electrons. The van der Waals surface area contributed by atoms with E-state index in [1.54, 1.807) is 0 Å². The first-order chi connectivity index (χ1) is 4.04. The van der Waals surface area contributed by atoms with Crippen LogP contribution in [0, 0.1) is 0 Å². The van der Waals surface area contributed by atoms with E-state index in [-0.39, 0.29) is 0 Å². The highest BCUT2D eigenvalue weighted by molar-refractivity contribution is 7.33. The molecule has 0 aliphatic rings. The lowest BCUT2D eigenvalue weighted by molar-refractivity contribution is -0.146. The van der Waals surface area contributed by atoms with Gasteiger partial charge in [0, 0.05) is 11.5 Å². The lowest BCUT2D eigenvalue weighted by atomic mass is 10.5. The third-order valence-electron chi connectivity index (χ3n) is 0.448. The van der Waals surface area contributed by atoms with Crippen LogP contribution in [0.1, 0.15) is 6.92 Å². The third kappa shape index (κ3) is 3.76. The lowest BCUT2D eigenvalue weighted by Gasteiger charge is -1.78. The molecule has 0 bridgehead atoms. The molecule has 0 saturated heterocycles. The van der Waals surface area contributed by atoms with Crippen LogP contribution in [0.3, 0.4) is 0 Å². The lowest BCUT2D eigenvalue weighted by Crippen LogP contribution is -2.09. The summed E-state index contributed by atoms with van der Waals surface area (Å²) in [7, 11) is -2.99. The first-order valence-corrected chi connectivity index (χ1v) is 3.06. The van der Waals surface area contributed by atoms with Crippen LogP contribution >= 0.6 is 8.25 Å². The Morgan fingerprint density at radius 2 is 2.00 bits per heavy atom. The zero-order chi connectivity index (χ0) is 7.44. The van der Waals surface area contributed by atoms with Crippen LogP contribution in [0.25, 0.3) is 0 Å². The fraction of sp³-hybridized carbons (Fsp3) is 0.333. The number of hydrogen-bond donors (Lipinski definition) is 1. The van der Waals surface area contributed by atoms with Crippen molar-refractivity contribution < 1.29 is 23.6 Å². The minimum atomic E-state index is -2.99. The quantitative estimate of drug-likeness (QED) is 0.435. The Bertz CT molecular complexity index is 162. The van der Waals surface area contributed by atoms with Crippen LogP contribution in [0.15, 0.2) is 0 Å². The highest BCUT2D eigenvalue weighted by atomic mass is 31.1. The first kappa shape index (κ1) is 8.20. The van der Waals surface area contributed by atoms with Crippen molar-refractivity contribution in [3.8, 4) is 0 Å². The second-order valence-electron chi connectivity index (χ2n) is 1.17. The molecule has 0 aliphatic carbocycles. The van der Waals surface area contributed by atoms with E-state index < -0.39 is 20.0 Å². The summed E-state index contributed by atoms with van der Waals surface area (Å²) in [5.41, 5.74) is 0. The summed E-state index contributed by atoms with van der Waals surface area (Å²) in [6, 6.07) is 0. The van der Waals surface area contributed by atoms with Crippen molar-refractivity contribution in [2.75, 3.05) is 0 Å².